The molecule has 0 aromatic carbocycles. The van der Waals surface area contributed by atoms with Gasteiger partial charge in [0.05, 0.1) is 18.7 Å². The van der Waals surface area contributed by atoms with Gasteiger partial charge >= 0.3 is 0 Å². The van der Waals surface area contributed by atoms with Crippen molar-refractivity contribution < 1.29 is 4.79 Å². The average Bonchev–Trinajstić information content (AvgIpc) is 2.77. The van der Waals surface area contributed by atoms with Crippen molar-refractivity contribution in [3.05, 3.63) is 48.0 Å². The van der Waals surface area contributed by atoms with Gasteiger partial charge in [-0.2, -0.15) is 5.10 Å². The number of carbonyl (C=O) groups excluding carboxylic acids is 1. The highest BCUT2D eigenvalue weighted by molar-refractivity contribution is 5.78. The minimum Gasteiger partial charge on any atom is -0.349 e. The van der Waals surface area contributed by atoms with E-state index in [4.69, 9.17) is 0 Å². The molecule has 0 spiro atoms. The first-order chi connectivity index (χ1) is 8.65. The van der Waals surface area contributed by atoms with Crippen LogP contribution in [0.25, 0.3) is 0 Å². The molecule has 0 radical (unpaired) electrons. The molecule has 5 heteroatoms. The number of amides is 1. The summed E-state index contributed by atoms with van der Waals surface area (Å²) in [5.74, 6) is -0.0145. The standard InChI is InChI=1S/C13H16N4O/c1-10(12-8-15-17(2)9-12)16-13(18)6-11-4-3-5-14-7-11/h3-5,7-10H,6H2,1-2H3,(H,16,18)/t10-/m1/s1. The van der Waals surface area contributed by atoms with E-state index in [0.717, 1.165) is 11.1 Å². The van der Waals surface area contributed by atoms with E-state index in [-0.39, 0.29) is 11.9 Å². The van der Waals surface area contributed by atoms with E-state index < -0.39 is 0 Å². The first kappa shape index (κ1) is 12.3. The van der Waals surface area contributed by atoms with E-state index in [1.54, 1.807) is 23.3 Å². The number of hydrogen-bond acceptors (Lipinski definition) is 3. The molecular weight excluding hydrogens is 228 g/mol. The first-order valence-electron chi connectivity index (χ1n) is 5.82. The van der Waals surface area contributed by atoms with Crippen LogP contribution in [0.5, 0.6) is 0 Å². The van der Waals surface area contributed by atoms with Crippen LogP contribution >= 0.6 is 0 Å². The predicted molar refractivity (Wildman–Crippen MR) is 67.7 cm³/mol. The van der Waals surface area contributed by atoms with Crippen LogP contribution in [0.4, 0.5) is 0 Å². The summed E-state index contributed by atoms with van der Waals surface area (Å²) in [4.78, 5) is 15.8. The summed E-state index contributed by atoms with van der Waals surface area (Å²) < 4.78 is 1.72. The molecule has 0 bridgehead atoms. The van der Waals surface area contributed by atoms with Gasteiger partial charge in [0.15, 0.2) is 0 Å². The molecule has 0 saturated carbocycles. The molecule has 1 atom stereocenters. The fourth-order valence-electron chi connectivity index (χ4n) is 1.73. The minimum atomic E-state index is -0.0390. The van der Waals surface area contributed by atoms with Gasteiger partial charge in [-0.3, -0.25) is 14.5 Å². The SMILES string of the molecule is C[C@@H](NC(=O)Cc1cccnc1)c1cnn(C)c1. The van der Waals surface area contributed by atoms with Crippen molar-refractivity contribution in [2.24, 2.45) is 7.05 Å². The topological polar surface area (TPSA) is 59.8 Å². The molecule has 5 nitrogen and oxygen atoms in total. The zero-order chi connectivity index (χ0) is 13.0. The molecular formula is C13H16N4O. The highest BCUT2D eigenvalue weighted by Crippen LogP contribution is 2.10. The summed E-state index contributed by atoms with van der Waals surface area (Å²) >= 11 is 0. The second-order valence-corrected chi connectivity index (χ2v) is 4.27. The lowest BCUT2D eigenvalue weighted by molar-refractivity contribution is -0.121. The van der Waals surface area contributed by atoms with Gasteiger partial charge in [-0.15, -0.1) is 0 Å². The van der Waals surface area contributed by atoms with Gasteiger partial charge in [-0.25, -0.2) is 0 Å². The predicted octanol–water partition coefficient (Wildman–Crippen LogP) is 1.24. The number of nitrogens with one attached hydrogen (secondary N) is 1. The van der Waals surface area contributed by atoms with E-state index >= 15 is 0 Å². The van der Waals surface area contributed by atoms with Crippen LogP contribution in [0, 0.1) is 0 Å². The Morgan fingerprint density at radius 2 is 2.33 bits per heavy atom. The molecule has 1 amide bonds. The van der Waals surface area contributed by atoms with Crippen LogP contribution in [-0.4, -0.2) is 20.7 Å². The molecule has 2 aromatic rings. The van der Waals surface area contributed by atoms with Gasteiger partial charge in [0.1, 0.15) is 0 Å². The molecule has 2 rings (SSSR count). The van der Waals surface area contributed by atoms with Gasteiger partial charge < -0.3 is 5.32 Å². The van der Waals surface area contributed by atoms with E-state index in [1.165, 1.54) is 0 Å². The molecule has 2 aromatic heterocycles. The lowest BCUT2D eigenvalue weighted by Gasteiger charge is -2.11. The summed E-state index contributed by atoms with van der Waals surface area (Å²) in [7, 11) is 1.85. The normalized spacial score (nSPS) is 12.1. The third-order valence-electron chi connectivity index (χ3n) is 2.69. The molecule has 0 aliphatic rings. The number of pyridine rings is 1. The maximum absolute atomic E-state index is 11.8. The minimum absolute atomic E-state index is 0.0145. The fraction of sp³-hybridized carbons (Fsp3) is 0.308. The van der Waals surface area contributed by atoms with Crippen LogP contribution in [0.1, 0.15) is 24.1 Å². The zero-order valence-electron chi connectivity index (χ0n) is 10.5. The van der Waals surface area contributed by atoms with Crippen molar-refractivity contribution in [3.63, 3.8) is 0 Å². The number of aromatic nitrogens is 3. The summed E-state index contributed by atoms with van der Waals surface area (Å²) in [6.45, 7) is 1.94. The lowest BCUT2D eigenvalue weighted by atomic mass is 10.1. The van der Waals surface area contributed by atoms with Gasteiger partial charge in [0.25, 0.3) is 0 Å². The Balaban J connectivity index is 1.92. The van der Waals surface area contributed by atoms with Crippen molar-refractivity contribution in [3.8, 4) is 0 Å². The Hall–Kier alpha value is -2.17. The van der Waals surface area contributed by atoms with Crippen LogP contribution in [0.2, 0.25) is 0 Å². The lowest BCUT2D eigenvalue weighted by Crippen LogP contribution is -2.27. The van der Waals surface area contributed by atoms with Crippen molar-refractivity contribution in [2.75, 3.05) is 0 Å². The van der Waals surface area contributed by atoms with Gasteiger partial charge in [0.2, 0.25) is 5.91 Å². The van der Waals surface area contributed by atoms with Crippen molar-refractivity contribution >= 4 is 5.91 Å². The molecule has 0 aliphatic carbocycles. The molecule has 0 saturated heterocycles. The van der Waals surface area contributed by atoms with Gasteiger partial charge in [0, 0.05) is 31.2 Å². The Morgan fingerprint density at radius 1 is 1.50 bits per heavy atom. The van der Waals surface area contributed by atoms with Crippen molar-refractivity contribution in [1.29, 1.82) is 0 Å². The van der Waals surface area contributed by atoms with Gasteiger partial charge in [-0.05, 0) is 18.6 Å². The van der Waals surface area contributed by atoms with E-state index in [2.05, 4.69) is 15.4 Å². The summed E-state index contributed by atoms with van der Waals surface area (Å²) in [5.41, 5.74) is 1.91. The molecule has 0 unspecified atom stereocenters. The van der Waals surface area contributed by atoms with Crippen LogP contribution in [-0.2, 0) is 18.3 Å². The van der Waals surface area contributed by atoms with E-state index in [1.807, 2.05) is 32.3 Å². The molecule has 18 heavy (non-hydrogen) atoms. The maximum atomic E-state index is 11.8. The molecule has 0 fully saturated rings. The third-order valence-corrected chi connectivity index (χ3v) is 2.69. The number of rotatable bonds is 4. The second-order valence-electron chi connectivity index (χ2n) is 4.27. The van der Waals surface area contributed by atoms with E-state index in [0.29, 0.717) is 6.42 Å². The smallest absolute Gasteiger partial charge is 0.224 e. The van der Waals surface area contributed by atoms with E-state index in [9.17, 15) is 4.79 Å². The Labute approximate surface area is 106 Å². The summed E-state index contributed by atoms with van der Waals surface area (Å²) in [6.07, 6.45) is 7.40. The van der Waals surface area contributed by atoms with Crippen molar-refractivity contribution in [2.45, 2.75) is 19.4 Å². The van der Waals surface area contributed by atoms with Crippen LogP contribution in [0.15, 0.2) is 36.9 Å². The average molecular weight is 244 g/mol. The Kier molecular flexibility index (Phi) is 3.72. The Morgan fingerprint density at radius 3 is 2.94 bits per heavy atom. The number of nitrogens with zero attached hydrogens (tertiary/aromatic N) is 3. The number of carbonyl (C=O) groups is 1. The zero-order valence-corrected chi connectivity index (χ0v) is 10.5. The number of hydrogen-bond donors (Lipinski definition) is 1. The first-order valence-corrected chi connectivity index (χ1v) is 5.82. The van der Waals surface area contributed by atoms with Crippen molar-refractivity contribution in [1.82, 2.24) is 20.1 Å². The van der Waals surface area contributed by atoms with Crippen LogP contribution < -0.4 is 5.32 Å². The quantitative estimate of drug-likeness (QED) is 0.880. The fourth-order valence-corrected chi connectivity index (χ4v) is 1.73. The summed E-state index contributed by atoms with van der Waals surface area (Å²) in [6, 6.07) is 3.68. The highest BCUT2D eigenvalue weighted by Gasteiger charge is 2.11. The molecule has 2 heterocycles. The summed E-state index contributed by atoms with van der Waals surface area (Å²) in [5, 5.41) is 7.02. The molecule has 94 valence electrons. The Bertz CT molecular complexity index is 521. The third kappa shape index (κ3) is 3.16. The maximum Gasteiger partial charge on any atom is 0.224 e. The molecule has 1 N–H and O–H groups in total. The van der Waals surface area contributed by atoms with Crippen LogP contribution in [0.3, 0.4) is 0 Å². The van der Waals surface area contributed by atoms with Gasteiger partial charge in [-0.1, -0.05) is 6.07 Å². The number of aryl methyl sites for hydroxylation is 1. The second kappa shape index (κ2) is 5.44. The monoisotopic (exact) mass is 244 g/mol. The highest BCUT2D eigenvalue weighted by atomic mass is 16.1. The molecule has 0 aliphatic heterocycles. The largest absolute Gasteiger partial charge is 0.349 e.